The van der Waals surface area contributed by atoms with Crippen molar-refractivity contribution in [2.45, 2.75) is 32.6 Å². The Balaban J connectivity index is 1.26. The zero-order valence-electron chi connectivity index (χ0n) is 21.4. The van der Waals surface area contributed by atoms with Crippen LogP contribution in [-0.4, -0.2) is 27.6 Å². The molecule has 8 rings (SSSR count). The largest absolute Gasteiger partial charge is 0.318 e. The Morgan fingerprint density at radius 1 is 0.763 bits per heavy atom. The second kappa shape index (κ2) is 8.27. The Morgan fingerprint density at radius 3 is 1.79 bits per heavy atom. The first-order valence-corrected chi connectivity index (χ1v) is 13.3. The summed E-state index contributed by atoms with van der Waals surface area (Å²) in [6.45, 7) is 6.00. The van der Waals surface area contributed by atoms with Gasteiger partial charge in [0.25, 0.3) is 11.8 Å². The minimum atomic E-state index is -0.434. The summed E-state index contributed by atoms with van der Waals surface area (Å²) < 4.78 is 2.10. The van der Waals surface area contributed by atoms with E-state index in [9.17, 15) is 9.59 Å². The number of carbonyl (C=O) groups is 2. The molecule has 2 heterocycles. The monoisotopic (exact) mass is 519 g/mol. The molecule has 0 radical (unpaired) electrons. The van der Waals surface area contributed by atoms with Crippen LogP contribution in [-0.2, 0) is 9.59 Å². The van der Waals surface area contributed by atoms with Gasteiger partial charge < -0.3 is 4.57 Å². The third-order valence-electron chi connectivity index (χ3n) is 8.62. The number of hydrogen-bond acceptors (Lipinski definition) is 3. The summed E-state index contributed by atoms with van der Waals surface area (Å²) in [4.78, 5) is 27.6. The Morgan fingerprint density at radius 2 is 1.29 bits per heavy atom. The van der Waals surface area contributed by atoms with E-state index in [4.69, 9.17) is 11.6 Å². The quantitative estimate of drug-likeness (QED) is 0.236. The molecule has 1 saturated heterocycles. The molecule has 0 saturated carbocycles. The first-order chi connectivity index (χ1) is 18.4. The van der Waals surface area contributed by atoms with Crippen LogP contribution in [0.3, 0.4) is 0 Å². The number of carbonyl (C=O) groups excluding carboxylic acids is 2. The van der Waals surface area contributed by atoms with E-state index in [1.54, 1.807) is 6.21 Å². The molecule has 4 aromatic rings. The minimum absolute atomic E-state index is 0.134. The van der Waals surface area contributed by atoms with Crippen molar-refractivity contribution in [3.05, 3.63) is 123 Å². The highest BCUT2D eigenvalue weighted by Gasteiger charge is 2.61. The molecule has 188 valence electrons. The molecule has 1 aliphatic heterocycles. The number of aromatic nitrogens is 1. The zero-order chi connectivity index (χ0) is 26.3. The number of hydrogen-bond donors (Lipinski definition) is 0. The molecule has 0 unspecified atom stereocenters. The lowest BCUT2D eigenvalue weighted by molar-refractivity contribution is -0.139. The van der Waals surface area contributed by atoms with E-state index in [1.807, 2.05) is 69.3 Å². The number of imide groups is 1. The zero-order valence-corrected chi connectivity index (χ0v) is 22.1. The summed E-state index contributed by atoms with van der Waals surface area (Å²) in [5, 5.41) is 6.35. The minimum Gasteiger partial charge on any atom is -0.318 e. The summed E-state index contributed by atoms with van der Waals surface area (Å²) in [7, 11) is 0. The lowest BCUT2D eigenvalue weighted by atomic mass is 9.55. The van der Waals surface area contributed by atoms with E-state index in [1.165, 1.54) is 0 Å². The van der Waals surface area contributed by atoms with Gasteiger partial charge in [-0.15, -0.1) is 0 Å². The molecule has 3 aromatic carbocycles. The van der Waals surface area contributed by atoms with Crippen LogP contribution in [0.15, 0.2) is 77.9 Å². The Hall–Kier alpha value is -3.96. The Kier molecular flexibility index (Phi) is 5.04. The van der Waals surface area contributed by atoms with E-state index >= 15 is 0 Å². The molecule has 2 amide bonds. The van der Waals surface area contributed by atoms with Gasteiger partial charge in [-0.1, -0.05) is 66.2 Å². The molecule has 4 aliphatic rings. The number of amides is 2. The van der Waals surface area contributed by atoms with Gasteiger partial charge >= 0.3 is 0 Å². The number of benzene rings is 3. The first-order valence-electron chi connectivity index (χ1n) is 12.9. The molecule has 1 aromatic heterocycles. The predicted octanol–water partition coefficient (Wildman–Crippen LogP) is 6.28. The van der Waals surface area contributed by atoms with Crippen molar-refractivity contribution in [3.63, 3.8) is 0 Å². The second-order valence-electron chi connectivity index (χ2n) is 10.6. The van der Waals surface area contributed by atoms with Crippen molar-refractivity contribution in [2.75, 3.05) is 0 Å². The summed E-state index contributed by atoms with van der Waals surface area (Å²) >= 11 is 6.39. The Labute approximate surface area is 226 Å². The van der Waals surface area contributed by atoms with Crippen molar-refractivity contribution < 1.29 is 9.59 Å². The fourth-order valence-corrected chi connectivity index (χ4v) is 7.11. The molecule has 38 heavy (non-hydrogen) atoms. The van der Waals surface area contributed by atoms with Crippen LogP contribution in [0.5, 0.6) is 0 Å². The van der Waals surface area contributed by atoms with Crippen LogP contribution in [0.25, 0.3) is 5.69 Å². The number of rotatable bonds is 3. The molecule has 0 spiro atoms. The maximum Gasteiger partial charge on any atom is 0.254 e. The highest BCUT2D eigenvalue weighted by molar-refractivity contribution is 6.31. The van der Waals surface area contributed by atoms with Gasteiger partial charge in [0.15, 0.2) is 0 Å². The van der Waals surface area contributed by atoms with Crippen molar-refractivity contribution in [1.82, 2.24) is 9.58 Å². The molecule has 2 bridgehead atoms. The third-order valence-corrected chi connectivity index (χ3v) is 9.03. The first kappa shape index (κ1) is 23.2. The van der Waals surface area contributed by atoms with Crippen molar-refractivity contribution >= 4 is 29.6 Å². The highest BCUT2D eigenvalue weighted by Crippen LogP contribution is 2.60. The normalized spacial score (nSPS) is 23.2. The van der Waals surface area contributed by atoms with E-state index in [0.29, 0.717) is 5.02 Å². The summed E-state index contributed by atoms with van der Waals surface area (Å²) in [6, 6.07) is 24.5. The van der Waals surface area contributed by atoms with Gasteiger partial charge in [-0.05, 0) is 66.8 Å². The third kappa shape index (κ3) is 3.08. The average Bonchev–Trinajstić information content (AvgIpc) is 3.35. The molecular weight excluding hydrogens is 494 g/mol. The van der Waals surface area contributed by atoms with Gasteiger partial charge in [-0.3, -0.25) is 9.59 Å². The average molecular weight is 520 g/mol. The SMILES string of the molecule is Cc1ccc(-n2c(C)cc(/C=N\N3C(=O)[C@@H]4C5c6ccccc6C(c6ccccc65)[C@H]4C3=O)c2C)cc1Cl. The number of nitrogens with zero attached hydrogens (tertiary/aromatic N) is 3. The molecule has 3 aliphatic carbocycles. The van der Waals surface area contributed by atoms with Gasteiger partial charge in [0.1, 0.15) is 0 Å². The van der Waals surface area contributed by atoms with Gasteiger partial charge in [-0.2, -0.15) is 10.1 Å². The van der Waals surface area contributed by atoms with E-state index < -0.39 is 11.8 Å². The van der Waals surface area contributed by atoms with Crippen molar-refractivity contribution in [2.24, 2.45) is 16.9 Å². The van der Waals surface area contributed by atoms with E-state index in [-0.39, 0.29) is 23.7 Å². The lowest BCUT2D eigenvalue weighted by Gasteiger charge is -2.45. The van der Waals surface area contributed by atoms with Crippen LogP contribution in [0, 0.1) is 32.6 Å². The molecule has 1 fully saturated rings. The van der Waals surface area contributed by atoms with Gasteiger partial charge in [-0.25, -0.2) is 0 Å². The fraction of sp³-hybridized carbons (Fsp3) is 0.219. The van der Waals surface area contributed by atoms with Crippen LogP contribution >= 0.6 is 11.6 Å². The van der Waals surface area contributed by atoms with Crippen LogP contribution < -0.4 is 0 Å². The molecule has 5 nitrogen and oxygen atoms in total. The maximum atomic E-state index is 13.8. The van der Waals surface area contributed by atoms with Gasteiger partial charge in [0.2, 0.25) is 0 Å². The summed E-state index contributed by atoms with van der Waals surface area (Å²) in [6.07, 6.45) is 1.64. The fourth-order valence-electron chi connectivity index (χ4n) is 6.93. The van der Waals surface area contributed by atoms with Crippen molar-refractivity contribution in [3.8, 4) is 5.69 Å². The standard InChI is InChI=1S/C32H26ClN3O2/c1-17-12-13-21(15-26(17)33)35-18(2)14-20(19(35)3)16-34-36-31(37)29-27-22-8-4-5-9-23(22)28(30(29)32(36)38)25-11-7-6-10-24(25)27/h4-16,27-30H,1-3H3/b34-16-/t27?,28?,29-,30-/m1/s1. The second-order valence-corrected chi connectivity index (χ2v) is 11.0. The Bertz CT molecular complexity index is 1590. The van der Waals surface area contributed by atoms with E-state index in [2.05, 4.69) is 33.9 Å². The molecule has 6 heteroatoms. The predicted molar refractivity (Wildman–Crippen MR) is 148 cm³/mol. The van der Waals surface area contributed by atoms with Gasteiger partial charge in [0, 0.05) is 39.5 Å². The smallest absolute Gasteiger partial charge is 0.254 e. The highest BCUT2D eigenvalue weighted by atomic mass is 35.5. The summed E-state index contributed by atoms with van der Waals surface area (Å²) in [5.41, 5.74) is 9.43. The lowest BCUT2D eigenvalue weighted by Crippen LogP contribution is -2.41. The maximum absolute atomic E-state index is 13.8. The molecule has 2 atom stereocenters. The molecular formula is C32H26ClN3O2. The van der Waals surface area contributed by atoms with E-state index in [0.717, 1.165) is 55.5 Å². The summed E-state index contributed by atoms with van der Waals surface area (Å²) in [5.74, 6) is -1.56. The molecule has 0 N–H and O–H groups in total. The van der Waals surface area contributed by atoms with Crippen molar-refractivity contribution in [1.29, 1.82) is 0 Å². The van der Waals surface area contributed by atoms with Crippen LogP contribution in [0.4, 0.5) is 0 Å². The van der Waals surface area contributed by atoms with Crippen LogP contribution in [0.2, 0.25) is 5.02 Å². The number of halogens is 1. The number of hydrazone groups is 1. The van der Waals surface area contributed by atoms with Gasteiger partial charge in [0.05, 0.1) is 18.1 Å². The topological polar surface area (TPSA) is 54.7 Å². The number of aryl methyl sites for hydroxylation is 2. The van der Waals surface area contributed by atoms with Crippen LogP contribution in [0.1, 0.15) is 56.6 Å².